The third kappa shape index (κ3) is 3.78. The van der Waals surface area contributed by atoms with Crippen LogP contribution in [0.3, 0.4) is 0 Å². The largest absolute Gasteiger partial charge is 0.392 e. The van der Waals surface area contributed by atoms with E-state index in [1.165, 1.54) is 11.0 Å². The third-order valence-corrected chi connectivity index (χ3v) is 2.56. The molecular formula is C12H15N5O2. The summed E-state index contributed by atoms with van der Waals surface area (Å²) in [6.07, 6.45) is 1.41. The van der Waals surface area contributed by atoms with Crippen molar-refractivity contribution in [3.63, 3.8) is 0 Å². The number of nitrogens with one attached hydrogen (secondary N) is 1. The summed E-state index contributed by atoms with van der Waals surface area (Å²) in [5.41, 5.74) is 7.15. The molecule has 0 aliphatic carbocycles. The maximum Gasteiger partial charge on any atom is 0.242 e. The lowest BCUT2D eigenvalue weighted by Crippen LogP contribution is -2.27. The second kappa shape index (κ2) is 5.96. The summed E-state index contributed by atoms with van der Waals surface area (Å²) in [5.74, 6) is -0.0245. The quantitative estimate of drug-likeness (QED) is 0.683. The Bertz CT molecular complexity index is 550. The van der Waals surface area contributed by atoms with E-state index in [9.17, 15) is 4.79 Å². The van der Waals surface area contributed by atoms with Crippen LogP contribution in [0.1, 0.15) is 11.1 Å². The van der Waals surface area contributed by atoms with Gasteiger partial charge >= 0.3 is 0 Å². The lowest BCUT2D eigenvalue weighted by molar-refractivity contribution is -0.122. The Balaban J connectivity index is 1.82. The van der Waals surface area contributed by atoms with Gasteiger partial charge in [-0.2, -0.15) is 0 Å². The molecule has 0 bridgehead atoms. The van der Waals surface area contributed by atoms with Crippen molar-refractivity contribution in [1.82, 2.24) is 20.1 Å². The van der Waals surface area contributed by atoms with Gasteiger partial charge in [-0.15, -0.1) is 5.10 Å². The van der Waals surface area contributed by atoms with Crippen LogP contribution in [0.25, 0.3) is 0 Å². The first kappa shape index (κ1) is 13.0. The molecule has 2 rings (SSSR count). The molecule has 1 heterocycles. The van der Waals surface area contributed by atoms with Gasteiger partial charge in [0.05, 0.1) is 6.61 Å². The van der Waals surface area contributed by atoms with Crippen molar-refractivity contribution in [3.05, 3.63) is 41.7 Å². The molecule has 7 heteroatoms. The third-order valence-electron chi connectivity index (χ3n) is 2.56. The van der Waals surface area contributed by atoms with Gasteiger partial charge in [0.25, 0.3) is 0 Å². The second-order valence-corrected chi connectivity index (χ2v) is 4.05. The zero-order valence-corrected chi connectivity index (χ0v) is 10.3. The number of hydrogen-bond donors (Lipinski definition) is 3. The number of carbonyl (C=O) groups excluding carboxylic acids is 1. The number of hydrogen-bond acceptors (Lipinski definition) is 5. The van der Waals surface area contributed by atoms with Crippen LogP contribution >= 0.6 is 0 Å². The van der Waals surface area contributed by atoms with Gasteiger partial charge < -0.3 is 16.2 Å². The molecule has 0 saturated carbocycles. The van der Waals surface area contributed by atoms with E-state index in [2.05, 4.69) is 15.4 Å². The molecule has 100 valence electrons. The molecule has 0 aliphatic heterocycles. The van der Waals surface area contributed by atoms with E-state index in [0.717, 1.165) is 11.1 Å². The van der Waals surface area contributed by atoms with Crippen LogP contribution in [-0.2, 0) is 24.5 Å². The number of aliphatic hydroxyl groups is 1. The minimum absolute atomic E-state index is 0.0142. The molecule has 0 aliphatic rings. The Labute approximate surface area is 110 Å². The number of rotatable bonds is 5. The van der Waals surface area contributed by atoms with Gasteiger partial charge in [-0.05, 0) is 11.1 Å². The number of amides is 1. The van der Waals surface area contributed by atoms with Crippen LogP contribution in [-0.4, -0.2) is 25.8 Å². The van der Waals surface area contributed by atoms with Crippen LogP contribution in [0.15, 0.2) is 30.6 Å². The highest BCUT2D eigenvalue weighted by molar-refractivity contribution is 5.75. The van der Waals surface area contributed by atoms with E-state index in [4.69, 9.17) is 10.8 Å². The molecule has 0 radical (unpaired) electrons. The Morgan fingerprint density at radius 3 is 2.58 bits per heavy atom. The van der Waals surface area contributed by atoms with E-state index in [-0.39, 0.29) is 25.0 Å². The molecule has 0 spiro atoms. The Morgan fingerprint density at radius 1 is 1.32 bits per heavy atom. The molecule has 0 fully saturated rings. The number of anilines is 1. The smallest absolute Gasteiger partial charge is 0.242 e. The minimum Gasteiger partial charge on any atom is -0.392 e. The Hall–Kier alpha value is -2.41. The van der Waals surface area contributed by atoms with Crippen molar-refractivity contribution < 1.29 is 9.90 Å². The van der Waals surface area contributed by atoms with Crippen molar-refractivity contribution in [3.8, 4) is 0 Å². The molecule has 0 atom stereocenters. The van der Waals surface area contributed by atoms with E-state index in [0.29, 0.717) is 6.54 Å². The van der Waals surface area contributed by atoms with E-state index < -0.39 is 0 Å². The average molecular weight is 261 g/mol. The first-order valence-corrected chi connectivity index (χ1v) is 5.77. The van der Waals surface area contributed by atoms with Crippen molar-refractivity contribution >= 4 is 11.9 Å². The summed E-state index contributed by atoms with van der Waals surface area (Å²) < 4.78 is 1.37. The van der Waals surface area contributed by atoms with Crippen molar-refractivity contribution in [1.29, 1.82) is 0 Å². The molecule has 4 N–H and O–H groups in total. The predicted octanol–water partition coefficient (Wildman–Crippen LogP) is -0.331. The van der Waals surface area contributed by atoms with Crippen molar-refractivity contribution in [2.24, 2.45) is 0 Å². The van der Waals surface area contributed by atoms with Gasteiger partial charge in [-0.3, -0.25) is 4.79 Å². The number of aliphatic hydroxyl groups excluding tert-OH is 1. The summed E-state index contributed by atoms with van der Waals surface area (Å²) in [6, 6.07) is 7.36. The molecule has 2 aromatic rings. The van der Waals surface area contributed by atoms with Gasteiger partial charge in [0.1, 0.15) is 12.9 Å². The lowest BCUT2D eigenvalue weighted by atomic mass is 10.1. The van der Waals surface area contributed by atoms with Crippen molar-refractivity contribution in [2.45, 2.75) is 19.7 Å². The fraction of sp³-hybridized carbons (Fsp3) is 0.250. The lowest BCUT2D eigenvalue weighted by Gasteiger charge is -2.05. The summed E-state index contributed by atoms with van der Waals surface area (Å²) in [5, 5.41) is 15.5. The van der Waals surface area contributed by atoms with Gasteiger partial charge in [0.15, 0.2) is 0 Å². The second-order valence-electron chi connectivity index (χ2n) is 4.05. The molecule has 0 unspecified atom stereocenters. The number of carbonyl (C=O) groups is 1. The molecule has 19 heavy (non-hydrogen) atoms. The molecule has 1 amide bonds. The van der Waals surface area contributed by atoms with Gasteiger partial charge in [-0.1, -0.05) is 24.3 Å². The normalized spacial score (nSPS) is 10.4. The van der Waals surface area contributed by atoms with Crippen LogP contribution in [0, 0.1) is 0 Å². The van der Waals surface area contributed by atoms with E-state index >= 15 is 0 Å². The van der Waals surface area contributed by atoms with Gasteiger partial charge in [0, 0.05) is 6.54 Å². The zero-order valence-electron chi connectivity index (χ0n) is 10.3. The first-order chi connectivity index (χ1) is 9.17. The highest BCUT2D eigenvalue weighted by Crippen LogP contribution is 2.03. The summed E-state index contributed by atoms with van der Waals surface area (Å²) in [6.45, 7) is 0.522. The monoisotopic (exact) mass is 261 g/mol. The van der Waals surface area contributed by atoms with Crippen LogP contribution in [0.5, 0.6) is 0 Å². The van der Waals surface area contributed by atoms with E-state index in [1.807, 2.05) is 24.3 Å². The topological polar surface area (TPSA) is 106 Å². The van der Waals surface area contributed by atoms with Crippen LogP contribution in [0.2, 0.25) is 0 Å². The zero-order chi connectivity index (χ0) is 13.7. The fourth-order valence-electron chi connectivity index (χ4n) is 1.55. The average Bonchev–Trinajstić information content (AvgIpc) is 2.82. The number of nitrogens with zero attached hydrogens (tertiary/aromatic N) is 3. The Kier molecular flexibility index (Phi) is 4.09. The SMILES string of the molecule is Nc1ncn(CC(=O)NCc2ccc(CO)cc2)n1. The Morgan fingerprint density at radius 2 is 2.00 bits per heavy atom. The van der Waals surface area contributed by atoms with E-state index in [1.54, 1.807) is 0 Å². The molecule has 1 aromatic carbocycles. The minimum atomic E-state index is -0.170. The summed E-state index contributed by atoms with van der Waals surface area (Å²) in [4.78, 5) is 15.4. The molecule has 7 nitrogen and oxygen atoms in total. The predicted molar refractivity (Wildman–Crippen MR) is 68.6 cm³/mol. The number of benzene rings is 1. The number of aromatic nitrogens is 3. The summed E-state index contributed by atoms with van der Waals surface area (Å²) in [7, 11) is 0. The number of nitrogens with two attached hydrogens (primary N) is 1. The molecule has 1 aromatic heterocycles. The number of nitrogen functional groups attached to an aromatic ring is 1. The first-order valence-electron chi connectivity index (χ1n) is 5.77. The standard InChI is InChI=1S/C12H15N5O2/c13-12-15-8-17(16-12)6-11(19)14-5-9-1-3-10(7-18)4-2-9/h1-4,8,18H,5-7H2,(H2,13,16)(H,14,19). The maximum atomic E-state index is 11.6. The van der Waals surface area contributed by atoms with Crippen LogP contribution < -0.4 is 11.1 Å². The highest BCUT2D eigenvalue weighted by atomic mass is 16.3. The van der Waals surface area contributed by atoms with Crippen molar-refractivity contribution in [2.75, 3.05) is 5.73 Å². The van der Waals surface area contributed by atoms with Crippen LogP contribution in [0.4, 0.5) is 5.95 Å². The highest BCUT2D eigenvalue weighted by Gasteiger charge is 2.04. The molecule has 0 saturated heterocycles. The molecular weight excluding hydrogens is 246 g/mol. The maximum absolute atomic E-state index is 11.6. The van der Waals surface area contributed by atoms with Gasteiger partial charge in [0.2, 0.25) is 11.9 Å². The van der Waals surface area contributed by atoms with Gasteiger partial charge in [-0.25, -0.2) is 9.67 Å². The fourth-order valence-corrected chi connectivity index (χ4v) is 1.55. The summed E-state index contributed by atoms with van der Waals surface area (Å²) >= 11 is 0.